The minimum Gasteiger partial charge on any atom is -0.493 e. The van der Waals surface area contributed by atoms with E-state index in [1.54, 1.807) is 26.0 Å². The van der Waals surface area contributed by atoms with Gasteiger partial charge in [0, 0.05) is 5.75 Å². The molecule has 0 saturated heterocycles. The number of carbonyl (C=O) groups is 1. The van der Waals surface area contributed by atoms with E-state index in [1.807, 2.05) is 26.0 Å². The molecular weight excluding hydrogens is 358 g/mol. The van der Waals surface area contributed by atoms with E-state index in [0.29, 0.717) is 11.5 Å². The minimum absolute atomic E-state index is 0.00632. The van der Waals surface area contributed by atoms with Crippen LogP contribution in [0.2, 0.25) is 0 Å². The molecule has 2 rings (SSSR count). The van der Waals surface area contributed by atoms with Crippen LogP contribution in [0.1, 0.15) is 42.1 Å². The van der Waals surface area contributed by atoms with Gasteiger partial charge in [-0.3, -0.25) is 4.79 Å². The summed E-state index contributed by atoms with van der Waals surface area (Å²) >= 11 is 1.60. The zero-order valence-corrected chi connectivity index (χ0v) is 17.6. The second-order valence-corrected chi connectivity index (χ2v) is 7.50. The first-order valence-electron chi connectivity index (χ1n) is 9.15. The van der Waals surface area contributed by atoms with Crippen molar-refractivity contribution in [2.24, 2.45) is 0 Å². The molecule has 0 bridgehead atoms. The predicted octanol–water partition coefficient (Wildman–Crippen LogP) is 4.69. The first kappa shape index (κ1) is 21.2. The van der Waals surface area contributed by atoms with Crippen molar-refractivity contribution in [3.8, 4) is 11.5 Å². The van der Waals surface area contributed by atoms with Crippen LogP contribution in [-0.2, 0) is 17.0 Å². The van der Waals surface area contributed by atoms with Crippen LogP contribution in [0.5, 0.6) is 11.5 Å². The maximum Gasteiger partial charge on any atom is 0.230 e. The van der Waals surface area contributed by atoms with Gasteiger partial charge in [-0.05, 0) is 54.7 Å². The molecule has 0 spiro atoms. The van der Waals surface area contributed by atoms with Gasteiger partial charge in [0.1, 0.15) is 0 Å². The maximum atomic E-state index is 12.3. The van der Waals surface area contributed by atoms with Gasteiger partial charge in [-0.1, -0.05) is 31.2 Å². The number of nitrogens with one attached hydrogen (secondary N) is 1. The molecule has 2 aromatic carbocycles. The number of carbonyl (C=O) groups excluding carboxylic acids is 1. The molecule has 0 unspecified atom stereocenters. The second-order valence-electron chi connectivity index (χ2n) is 6.51. The smallest absolute Gasteiger partial charge is 0.230 e. The van der Waals surface area contributed by atoms with Crippen molar-refractivity contribution in [3.05, 3.63) is 58.7 Å². The molecule has 1 N–H and O–H groups in total. The van der Waals surface area contributed by atoms with Gasteiger partial charge in [-0.15, -0.1) is 11.8 Å². The Hall–Kier alpha value is -2.14. The summed E-state index contributed by atoms with van der Waals surface area (Å²) in [6.07, 6.45) is 1.02. The van der Waals surface area contributed by atoms with Crippen molar-refractivity contribution in [2.75, 3.05) is 20.0 Å². The molecule has 0 aromatic heterocycles. The van der Waals surface area contributed by atoms with Crippen molar-refractivity contribution in [1.29, 1.82) is 0 Å². The van der Waals surface area contributed by atoms with E-state index in [9.17, 15) is 4.79 Å². The Morgan fingerprint density at radius 3 is 2.33 bits per heavy atom. The van der Waals surface area contributed by atoms with Gasteiger partial charge in [0.25, 0.3) is 0 Å². The van der Waals surface area contributed by atoms with Crippen LogP contribution in [0.15, 0.2) is 36.4 Å². The molecule has 0 saturated carbocycles. The molecule has 2 aromatic rings. The van der Waals surface area contributed by atoms with Gasteiger partial charge >= 0.3 is 0 Å². The van der Waals surface area contributed by atoms with E-state index in [4.69, 9.17) is 9.47 Å². The molecule has 146 valence electrons. The molecule has 0 aliphatic heterocycles. The Morgan fingerprint density at radius 1 is 1.11 bits per heavy atom. The van der Waals surface area contributed by atoms with Crippen LogP contribution in [0.25, 0.3) is 0 Å². The maximum absolute atomic E-state index is 12.3. The quantitative estimate of drug-likeness (QED) is 0.678. The number of ether oxygens (including phenoxy) is 2. The van der Waals surface area contributed by atoms with Crippen molar-refractivity contribution >= 4 is 17.7 Å². The highest BCUT2D eigenvalue weighted by molar-refractivity contribution is 7.99. The summed E-state index contributed by atoms with van der Waals surface area (Å²) in [5, 5.41) is 3.07. The van der Waals surface area contributed by atoms with Gasteiger partial charge in [0.05, 0.1) is 26.0 Å². The topological polar surface area (TPSA) is 47.6 Å². The van der Waals surface area contributed by atoms with Crippen LogP contribution < -0.4 is 14.8 Å². The number of aryl methyl sites for hydroxylation is 2. The summed E-state index contributed by atoms with van der Waals surface area (Å²) in [6.45, 7) is 6.19. The van der Waals surface area contributed by atoms with Gasteiger partial charge in [0.2, 0.25) is 5.91 Å². The number of thioether (sulfide) groups is 1. The molecule has 0 aliphatic carbocycles. The normalized spacial score (nSPS) is 11.7. The summed E-state index contributed by atoms with van der Waals surface area (Å²) in [6, 6.07) is 12.4. The van der Waals surface area contributed by atoms with Crippen LogP contribution >= 0.6 is 11.8 Å². The highest BCUT2D eigenvalue weighted by atomic mass is 32.2. The van der Waals surface area contributed by atoms with Crippen molar-refractivity contribution in [3.63, 3.8) is 0 Å². The summed E-state index contributed by atoms with van der Waals surface area (Å²) in [5.74, 6) is 2.66. The molecule has 1 amide bonds. The molecular formula is C22H29NO3S. The molecule has 5 heteroatoms. The zero-order chi connectivity index (χ0) is 19.8. The molecule has 1 atom stereocenters. The van der Waals surface area contributed by atoms with Crippen LogP contribution in [0.4, 0.5) is 0 Å². The Bertz CT molecular complexity index is 759. The fourth-order valence-electron chi connectivity index (χ4n) is 2.84. The lowest BCUT2D eigenvalue weighted by molar-refractivity contribution is -0.119. The summed E-state index contributed by atoms with van der Waals surface area (Å²) < 4.78 is 10.7. The molecule has 4 nitrogen and oxygen atoms in total. The largest absolute Gasteiger partial charge is 0.493 e. The Labute approximate surface area is 166 Å². The van der Waals surface area contributed by atoms with E-state index < -0.39 is 0 Å². The predicted molar refractivity (Wildman–Crippen MR) is 113 cm³/mol. The standard InChI is InChI=1S/C22H29NO3S/c1-6-17-7-9-18(10-8-17)16(3)23-22(24)14-27-13-19-12-21(26-5)20(25-4)11-15(19)2/h7-12,16H,6,13-14H2,1-5H3,(H,23,24)/t16-/m0/s1. The lowest BCUT2D eigenvalue weighted by Crippen LogP contribution is -2.28. The number of amides is 1. The Kier molecular flexibility index (Phi) is 8.04. The second kappa shape index (κ2) is 10.3. The number of rotatable bonds is 9. The SMILES string of the molecule is CCc1ccc([C@H](C)NC(=O)CSCc2cc(OC)c(OC)cc2C)cc1. The average Bonchev–Trinajstić information content (AvgIpc) is 2.68. The highest BCUT2D eigenvalue weighted by Gasteiger charge is 2.12. The van der Waals surface area contributed by atoms with Crippen molar-refractivity contribution in [2.45, 2.75) is 39.0 Å². The third-order valence-corrected chi connectivity index (χ3v) is 5.58. The van der Waals surface area contributed by atoms with Gasteiger partial charge in [0.15, 0.2) is 11.5 Å². The molecule has 27 heavy (non-hydrogen) atoms. The highest BCUT2D eigenvalue weighted by Crippen LogP contribution is 2.31. The van der Waals surface area contributed by atoms with Crippen LogP contribution in [0, 0.1) is 6.92 Å². The van der Waals surface area contributed by atoms with Gasteiger partial charge < -0.3 is 14.8 Å². The van der Waals surface area contributed by atoms with E-state index in [0.717, 1.165) is 34.6 Å². The fourth-order valence-corrected chi connectivity index (χ4v) is 3.74. The third kappa shape index (κ3) is 5.93. The minimum atomic E-state index is 0.00632. The average molecular weight is 388 g/mol. The fraction of sp³-hybridized carbons (Fsp3) is 0.409. The Morgan fingerprint density at radius 2 is 1.74 bits per heavy atom. The number of methoxy groups -OCH3 is 2. The lowest BCUT2D eigenvalue weighted by atomic mass is 10.1. The monoisotopic (exact) mass is 387 g/mol. The van der Waals surface area contributed by atoms with Crippen LogP contribution in [-0.4, -0.2) is 25.9 Å². The Balaban J connectivity index is 1.86. The zero-order valence-electron chi connectivity index (χ0n) is 16.8. The third-order valence-electron chi connectivity index (χ3n) is 4.60. The van der Waals surface area contributed by atoms with E-state index in [2.05, 4.69) is 36.5 Å². The number of benzene rings is 2. The van der Waals surface area contributed by atoms with E-state index >= 15 is 0 Å². The summed E-state index contributed by atoms with van der Waals surface area (Å²) in [7, 11) is 3.26. The van der Waals surface area contributed by atoms with E-state index in [-0.39, 0.29) is 11.9 Å². The molecule has 0 fully saturated rings. The summed E-state index contributed by atoms with van der Waals surface area (Å²) in [5.41, 5.74) is 4.71. The number of hydrogen-bond acceptors (Lipinski definition) is 4. The first-order valence-corrected chi connectivity index (χ1v) is 10.3. The van der Waals surface area contributed by atoms with Crippen molar-refractivity contribution < 1.29 is 14.3 Å². The number of hydrogen-bond donors (Lipinski definition) is 1. The van der Waals surface area contributed by atoms with Gasteiger partial charge in [-0.2, -0.15) is 0 Å². The summed E-state index contributed by atoms with van der Waals surface area (Å²) in [4.78, 5) is 12.3. The van der Waals surface area contributed by atoms with Gasteiger partial charge in [-0.25, -0.2) is 0 Å². The lowest BCUT2D eigenvalue weighted by Gasteiger charge is -2.15. The molecule has 0 heterocycles. The van der Waals surface area contributed by atoms with Crippen molar-refractivity contribution in [1.82, 2.24) is 5.32 Å². The molecule has 0 aliphatic rings. The van der Waals surface area contributed by atoms with Crippen LogP contribution in [0.3, 0.4) is 0 Å². The molecule has 0 radical (unpaired) electrons. The first-order chi connectivity index (χ1) is 13.0. The van der Waals surface area contributed by atoms with E-state index in [1.165, 1.54) is 5.56 Å².